The molecule has 0 radical (unpaired) electrons. The van der Waals surface area contributed by atoms with Crippen LogP contribution in [0.25, 0.3) is 44.3 Å². The first-order valence-corrected chi connectivity index (χ1v) is 29.5. The van der Waals surface area contributed by atoms with Crippen molar-refractivity contribution in [2.75, 3.05) is 75.2 Å². The maximum atomic E-state index is 11.1. The van der Waals surface area contributed by atoms with Gasteiger partial charge >= 0.3 is 6.15 Å². The van der Waals surface area contributed by atoms with Crippen LogP contribution in [0.1, 0.15) is 144 Å². The van der Waals surface area contributed by atoms with E-state index < -0.39 is 0 Å². The fourth-order valence-corrected chi connectivity index (χ4v) is 14.3. The van der Waals surface area contributed by atoms with Crippen molar-refractivity contribution in [2.24, 2.45) is 0 Å². The first-order chi connectivity index (χ1) is 36.8. The minimum absolute atomic E-state index is 0.250. The number of anilines is 2. The quantitative estimate of drug-likeness (QED) is 0.126. The molecule has 12 heteroatoms. The van der Waals surface area contributed by atoms with Gasteiger partial charge in [0.05, 0.1) is 16.9 Å². The summed E-state index contributed by atoms with van der Waals surface area (Å²) in [4.78, 5) is 37.9. The Morgan fingerprint density at radius 3 is 1.41 bits per heavy atom. The fraction of sp³-hybridized carbons (Fsp3) is 0.524. The van der Waals surface area contributed by atoms with Gasteiger partial charge in [-0.15, -0.1) is 0 Å². The Hall–Kier alpha value is -5.09. The summed E-state index contributed by atoms with van der Waals surface area (Å²) >= 11 is 13.3. The third kappa shape index (κ3) is 12.1. The van der Waals surface area contributed by atoms with E-state index in [2.05, 4.69) is 102 Å². The van der Waals surface area contributed by atoms with E-state index in [0.717, 1.165) is 68.8 Å². The van der Waals surface area contributed by atoms with Crippen molar-refractivity contribution in [1.29, 1.82) is 0 Å². The summed E-state index contributed by atoms with van der Waals surface area (Å²) in [6.45, 7) is 16.2. The van der Waals surface area contributed by atoms with E-state index in [0.29, 0.717) is 24.1 Å². The molecule has 2 saturated carbocycles. The molecule has 4 fully saturated rings. The molecule has 4 aromatic carbocycles. The van der Waals surface area contributed by atoms with Crippen molar-refractivity contribution in [1.82, 2.24) is 18.9 Å². The monoisotopic (exact) mass is 1050 g/mol. The van der Waals surface area contributed by atoms with Gasteiger partial charge in [0.1, 0.15) is 5.75 Å². The number of carbonyl (C=O) groups is 1. The van der Waals surface area contributed by atoms with Crippen LogP contribution in [0.4, 0.5) is 11.4 Å². The minimum atomic E-state index is 0.250. The number of hydrogen-bond donors (Lipinski definition) is 0. The molecule has 6 aliphatic rings. The SMILES string of the molecule is Cc1ccc2c(C3CCCCC3)c3n(c2c1)CCCN(CCN1CCCCC1)c1cc(Cl)ccc1-3.O=C=O.O=COc1ccc2c(C3CCCCC3)c3n(c2c1)CCCN(CCN1CCCCC1)c1cc(Cl)ccc1-3. The maximum Gasteiger partial charge on any atom is 0.373 e. The van der Waals surface area contributed by atoms with Gasteiger partial charge in [-0.05, 0) is 180 Å². The number of aromatic nitrogens is 2. The van der Waals surface area contributed by atoms with E-state index in [-0.39, 0.29) is 6.15 Å². The molecule has 0 N–H and O–H groups in total. The Morgan fingerprint density at radius 2 is 0.947 bits per heavy atom. The predicted molar refractivity (Wildman–Crippen MR) is 307 cm³/mol. The molecular formula is C63H78Cl2N6O4. The Kier molecular flexibility index (Phi) is 18.0. The summed E-state index contributed by atoms with van der Waals surface area (Å²) in [5.41, 5.74) is 15.2. The normalized spacial score (nSPS) is 18.9. The van der Waals surface area contributed by atoms with Gasteiger partial charge in [-0.1, -0.05) is 86.7 Å². The Labute approximate surface area is 455 Å². The van der Waals surface area contributed by atoms with E-state index in [1.807, 2.05) is 6.07 Å². The molecule has 2 saturated heterocycles. The highest BCUT2D eigenvalue weighted by Gasteiger charge is 2.32. The molecule has 2 aromatic heterocycles. The first-order valence-electron chi connectivity index (χ1n) is 28.8. The lowest BCUT2D eigenvalue weighted by molar-refractivity contribution is -0.191. The molecule has 6 aromatic rings. The van der Waals surface area contributed by atoms with E-state index >= 15 is 0 Å². The molecule has 10 nitrogen and oxygen atoms in total. The number of carbonyl (C=O) groups excluding carboxylic acids is 3. The van der Waals surface area contributed by atoms with Crippen molar-refractivity contribution < 1.29 is 19.1 Å². The van der Waals surface area contributed by atoms with Crippen LogP contribution < -0.4 is 14.5 Å². The van der Waals surface area contributed by atoms with Gasteiger partial charge in [0, 0.05) is 107 Å². The molecule has 0 atom stereocenters. The minimum Gasteiger partial charge on any atom is -0.429 e. The zero-order valence-electron chi connectivity index (χ0n) is 44.4. The number of benzene rings is 4. The van der Waals surface area contributed by atoms with E-state index in [1.54, 1.807) is 5.56 Å². The van der Waals surface area contributed by atoms with Crippen LogP contribution in [0, 0.1) is 6.92 Å². The topological polar surface area (TPSA) is 83.3 Å². The van der Waals surface area contributed by atoms with Gasteiger partial charge in [0.2, 0.25) is 0 Å². The summed E-state index contributed by atoms with van der Waals surface area (Å²) < 4.78 is 10.5. The Morgan fingerprint density at radius 1 is 0.507 bits per heavy atom. The zero-order chi connectivity index (χ0) is 51.7. The number of rotatable bonds is 10. The summed E-state index contributed by atoms with van der Waals surface area (Å²) in [5, 5.41) is 4.44. The lowest BCUT2D eigenvalue weighted by Crippen LogP contribution is -2.39. The average molecular weight is 1050 g/mol. The number of halogens is 2. The predicted octanol–water partition coefficient (Wildman–Crippen LogP) is 14.7. The molecule has 0 spiro atoms. The molecule has 0 bridgehead atoms. The average Bonchev–Trinajstić information content (AvgIpc) is 3.93. The lowest BCUT2D eigenvalue weighted by Gasteiger charge is -2.34. The van der Waals surface area contributed by atoms with Crippen molar-refractivity contribution in [3.63, 3.8) is 0 Å². The van der Waals surface area contributed by atoms with E-state index in [9.17, 15) is 4.79 Å². The Bertz CT molecular complexity index is 2930. The summed E-state index contributed by atoms with van der Waals surface area (Å²) in [5.74, 6) is 1.82. The molecule has 6 heterocycles. The summed E-state index contributed by atoms with van der Waals surface area (Å²) in [6, 6.07) is 26.5. The van der Waals surface area contributed by atoms with Gasteiger partial charge < -0.3 is 33.5 Å². The van der Waals surface area contributed by atoms with Crippen LogP contribution in [0.2, 0.25) is 10.0 Å². The van der Waals surface area contributed by atoms with Crippen molar-refractivity contribution in [3.05, 3.63) is 99.5 Å². The number of fused-ring (bicyclic) bond motifs is 10. The number of likely N-dealkylation sites (tertiary alicyclic amines) is 2. The molecule has 12 rings (SSSR count). The van der Waals surface area contributed by atoms with Gasteiger partial charge in [-0.3, -0.25) is 4.79 Å². The molecule has 2 aliphatic carbocycles. The van der Waals surface area contributed by atoms with E-state index in [1.165, 1.54) is 202 Å². The van der Waals surface area contributed by atoms with Crippen LogP contribution in [0.15, 0.2) is 72.8 Å². The highest BCUT2D eigenvalue weighted by molar-refractivity contribution is 6.31. The maximum absolute atomic E-state index is 11.1. The van der Waals surface area contributed by atoms with Gasteiger partial charge in [-0.25, -0.2) is 0 Å². The van der Waals surface area contributed by atoms with Crippen molar-refractivity contribution >= 4 is 69.0 Å². The van der Waals surface area contributed by atoms with Crippen molar-refractivity contribution in [3.8, 4) is 28.3 Å². The second-order valence-electron chi connectivity index (χ2n) is 22.3. The molecule has 0 amide bonds. The Balaban J connectivity index is 0.000000163. The largest absolute Gasteiger partial charge is 0.429 e. The van der Waals surface area contributed by atoms with Crippen molar-refractivity contribution in [2.45, 2.75) is 147 Å². The van der Waals surface area contributed by atoms with Crippen LogP contribution in [0.5, 0.6) is 5.75 Å². The molecular weight excluding hydrogens is 976 g/mol. The number of piperidine rings is 2. The van der Waals surface area contributed by atoms with Gasteiger partial charge in [0.25, 0.3) is 6.47 Å². The van der Waals surface area contributed by atoms with Gasteiger partial charge in [0.15, 0.2) is 0 Å². The van der Waals surface area contributed by atoms with Crippen LogP contribution in [0.3, 0.4) is 0 Å². The number of hydrogen-bond acceptors (Lipinski definition) is 8. The van der Waals surface area contributed by atoms with Gasteiger partial charge in [-0.2, -0.15) is 9.59 Å². The van der Waals surface area contributed by atoms with Crippen LogP contribution in [-0.2, 0) is 27.5 Å². The smallest absolute Gasteiger partial charge is 0.373 e. The van der Waals surface area contributed by atoms with Crippen LogP contribution >= 0.6 is 23.2 Å². The molecule has 0 unspecified atom stereocenters. The first kappa shape index (κ1) is 53.3. The molecule has 398 valence electrons. The number of ether oxygens (including phenoxy) is 1. The van der Waals surface area contributed by atoms with E-state index in [4.69, 9.17) is 37.5 Å². The molecule has 4 aliphatic heterocycles. The summed E-state index contributed by atoms with van der Waals surface area (Å²) in [6.07, 6.45) is 23.7. The fourth-order valence-electron chi connectivity index (χ4n) is 14.0. The highest BCUT2D eigenvalue weighted by atomic mass is 35.5. The molecule has 75 heavy (non-hydrogen) atoms. The van der Waals surface area contributed by atoms with Crippen LogP contribution in [-0.4, -0.2) is 97.0 Å². The standard InChI is InChI=1S/C31H38ClN3O2.C31H40ClN3.CO2/c32-24-10-12-27-28(20-24)34(19-18-33-14-5-2-6-15-33)16-7-17-35-29-21-25(37-22-36)11-13-26(29)30(31(27)35)23-8-3-1-4-9-23;1-23-11-13-26-29(21-23)35-18-8-17-34(20-19-33-15-6-3-7-16-33)28-22-25(32)12-14-27(28)31(35)30(26)24-9-4-2-5-10-24;2-1-3/h10-13,20-23H,1-9,14-19H2;11-14,21-22,24H,2-10,15-20H2,1H3;. The number of aryl methyl sites for hydroxylation is 3. The second-order valence-corrected chi connectivity index (χ2v) is 23.2. The second kappa shape index (κ2) is 25.4. The lowest BCUT2D eigenvalue weighted by atomic mass is 9.81. The summed E-state index contributed by atoms with van der Waals surface area (Å²) in [7, 11) is 0. The zero-order valence-corrected chi connectivity index (χ0v) is 46.0. The third-order valence-corrected chi connectivity index (χ3v) is 18.0. The number of nitrogens with zero attached hydrogens (tertiary/aromatic N) is 6. The third-order valence-electron chi connectivity index (χ3n) is 17.5. The highest BCUT2D eigenvalue weighted by Crippen LogP contribution is 2.50.